The Morgan fingerprint density at radius 1 is 1.42 bits per heavy atom. The lowest BCUT2D eigenvalue weighted by Crippen LogP contribution is -2.26. The van der Waals surface area contributed by atoms with Crippen LogP contribution in [-0.4, -0.2) is 11.0 Å². The number of thiophene rings is 1. The molecular weight excluding hydrogens is 278 g/mol. The van der Waals surface area contributed by atoms with Crippen LogP contribution in [0.25, 0.3) is 0 Å². The van der Waals surface area contributed by atoms with Crippen molar-refractivity contribution < 1.29 is 0 Å². The number of nitrogens with two attached hydrogens (primary N) is 1. The normalized spacial score (nSPS) is 14.6. The number of nitrogens with zero attached hydrogens (tertiary/aromatic N) is 2. The van der Waals surface area contributed by atoms with Gasteiger partial charge in [0.15, 0.2) is 0 Å². The molecule has 0 bridgehead atoms. The summed E-state index contributed by atoms with van der Waals surface area (Å²) >= 11 is 8.20. The average Bonchev–Trinajstić information content (AvgIpc) is 3.14. The maximum absolute atomic E-state index is 6.43. The highest BCUT2D eigenvalue weighted by molar-refractivity contribution is 7.09. The van der Waals surface area contributed by atoms with Gasteiger partial charge in [0.05, 0.1) is 11.6 Å². The lowest BCUT2D eigenvalue weighted by atomic mass is 10.2. The summed E-state index contributed by atoms with van der Waals surface area (Å²) in [6.07, 6.45) is 4.24. The Hall–Kier alpha value is -1.10. The SMILES string of the molecule is NCc1ccnc(N(Cc2cccs2)C2CC2)c1Cl. The molecule has 1 aliphatic rings. The fraction of sp³-hybridized carbons (Fsp3) is 0.357. The van der Waals surface area contributed by atoms with Gasteiger partial charge in [0.2, 0.25) is 0 Å². The highest BCUT2D eigenvalue weighted by Gasteiger charge is 2.31. The third kappa shape index (κ3) is 2.76. The van der Waals surface area contributed by atoms with Gasteiger partial charge in [-0.2, -0.15) is 0 Å². The minimum Gasteiger partial charge on any atom is -0.347 e. The third-order valence-corrected chi connectivity index (χ3v) is 4.61. The molecule has 100 valence electrons. The van der Waals surface area contributed by atoms with Crippen LogP contribution in [0, 0.1) is 0 Å². The van der Waals surface area contributed by atoms with E-state index in [0.29, 0.717) is 17.6 Å². The van der Waals surface area contributed by atoms with Gasteiger partial charge in [-0.3, -0.25) is 0 Å². The zero-order chi connectivity index (χ0) is 13.2. The number of hydrogen-bond donors (Lipinski definition) is 1. The van der Waals surface area contributed by atoms with E-state index < -0.39 is 0 Å². The second-order valence-electron chi connectivity index (χ2n) is 4.75. The highest BCUT2D eigenvalue weighted by Crippen LogP contribution is 2.37. The fourth-order valence-electron chi connectivity index (χ4n) is 2.16. The second kappa shape index (κ2) is 5.49. The van der Waals surface area contributed by atoms with Gasteiger partial charge < -0.3 is 10.6 Å². The van der Waals surface area contributed by atoms with Gasteiger partial charge in [0.1, 0.15) is 5.82 Å². The first kappa shape index (κ1) is 12.9. The lowest BCUT2D eigenvalue weighted by molar-refractivity contribution is 0.784. The van der Waals surface area contributed by atoms with Gasteiger partial charge in [0.25, 0.3) is 0 Å². The number of anilines is 1. The second-order valence-corrected chi connectivity index (χ2v) is 6.16. The molecule has 3 nitrogen and oxygen atoms in total. The van der Waals surface area contributed by atoms with Crippen molar-refractivity contribution in [1.82, 2.24) is 4.98 Å². The molecule has 0 atom stereocenters. The molecule has 0 aromatic carbocycles. The molecule has 1 saturated carbocycles. The van der Waals surface area contributed by atoms with Crippen LogP contribution in [0.2, 0.25) is 5.02 Å². The van der Waals surface area contributed by atoms with Crippen molar-refractivity contribution in [3.63, 3.8) is 0 Å². The summed E-state index contributed by atoms with van der Waals surface area (Å²) in [5.41, 5.74) is 6.68. The Balaban J connectivity index is 1.92. The molecule has 0 radical (unpaired) electrons. The Morgan fingerprint density at radius 3 is 2.89 bits per heavy atom. The molecule has 0 amide bonds. The number of hydrogen-bond acceptors (Lipinski definition) is 4. The molecule has 2 heterocycles. The maximum Gasteiger partial charge on any atom is 0.148 e. The first-order valence-corrected chi connectivity index (χ1v) is 7.68. The summed E-state index contributed by atoms with van der Waals surface area (Å²) in [5, 5.41) is 2.81. The molecule has 0 saturated heterocycles. The molecule has 5 heteroatoms. The number of aromatic nitrogens is 1. The predicted molar refractivity (Wildman–Crippen MR) is 80.7 cm³/mol. The van der Waals surface area contributed by atoms with Crippen molar-refractivity contribution in [1.29, 1.82) is 0 Å². The van der Waals surface area contributed by atoms with Crippen LogP contribution in [0.3, 0.4) is 0 Å². The van der Waals surface area contributed by atoms with Crippen LogP contribution in [0.5, 0.6) is 0 Å². The van der Waals surface area contributed by atoms with Crippen LogP contribution >= 0.6 is 22.9 Å². The van der Waals surface area contributed by atoms with Crippen molar-refractivity contribution in [3.05, 3.63) is 45.2 Å². The molecule has 2 aromatic heterocycles. The van der Waals surface area contributed by atoms with E-state index in [1.165, 1.54) is 17.7 Å². The Bertz CT molecular complexity index is 552. The van der Waals surface area contributed by atoms with Crippen molar-refractivity contribution in [2.24, 2.45) is 5.73 Å². The number of halogens is 1. The van der Waals surface area contributed by atoms with E-state index in [2.05, 4.69) is 27.4 Å². The molecule has 19 heavy (non-hydrogen) atoms. The molecular formula is C14H16ClN3S. The molecule has 0 aliphatic heterocycles. The van der Waals surface area contributed by atoms with Crippen molar-refractivity contribution in [3.8, 4) is 0 Å². The van der Waals surface area contributed by atoms with Gasteiger partial charge in [-0.25, -0.2) is 4.98 Å². The fourth-order valence-corrected chi connectivity index (χ4v) is 3.16. The predicted octanol–water partition coefficient (Wildman–Crippen LogP) is 3.42. The first-order valence-electron chi connectivity index (χ1n) is 6.42. The number of rotatable bonds is 5. The summed E-state index contributed by atoms with van der Waals surface area (Å²) < 4.78 is 0. The summed E-state index contributed by atoms with van der Waals surface area (Å²) in [4.78, 5) is 8.12. The minimum absolute atomic E-state index is 0.450. The van der Waals surface area contributed by atoms with Gasteiger partial charge in [0, 0.05) is 23.7 Å². The van der Waals surface area contributed by atoms with Crippen molar-refractivity contribution >= 4 is 28.8 Å². The Morgan fingerprint density at radius 2 is 2.26 bits per heavy atom. The van der Waals surface area contributed by atoms with E-state index in [4.69, 9.17) is 17.3 Å². The van der Waals surface area contributed by atoms with E-state index in [1.54, 1.807) is 17.5 Å². The largest absolute Gasteiger partial charge is 0.347 e. The van der Waals surface area contributed by atoms with Gasteiger partial charge >= 0.3 is 0 Å². The van der Waals surface area contributed by atoms with Crippen LogP contribution in [0.4, 0.5) is 5.82 Å². The molecule has 0 spiro atoms. The van der Waals surface area contributed by atoms with E-state index in [-0.39, 0.29) is 0 Å². The zero-order valence-electron chi connectivity index (χ0n) is 10.6. The summed E-state index contributed by atoms with van der Waals surface area (Å²) in [7, 11) is 0. The van der Waals surface area contributed by atoms with Gasteiger partial charge in [-0.15, -0.1) is 11.3 Å². The van der Waals surface area contributed by atoms with Crippen molar-refractivity contribution in [2.75, 3.05) is 4.90 Å². The lowest BCUT2D eigenvalue weighted by Gasteiger charge is -2.24. The molecule has 1 fully saturated rings. The molecule has 0 unspecified atom stereocenters. The minimum atomic E-state index is 0.450. The van der Waals surface area contributed by atoms with Crippen LogP contribution in [0.15, 0.2) is 29.8 Å². The third-order valence-electron chi connectivity index (χ3n) is 3.34. The van der Waals surface area contributed by atoms with Gasteiger partial charge in [-0.05, 0) is 35.9 Å². The summed E-state index contributed by atoms with van der Waals surface area (Å²) in [5.74, 6) is 0.875. The topological polar surface area (TPSA) is 42.1 Å². The van der Waals surface area contributed by atoms with E-state index in [1.807, 2.05) is 6.07 Å². The Kier molecular flexibility index (Phi) is 3.73. The van der Waals surface area contributed by atoms with Crippen LogP contribution in [0.1, 0.15) is 23.3 Å². The zero-order valence-corrected chi connectivity index (χ0v) is 12.1. The first-order chi connectivity index (χ1) is 9.29. The monoisotopic (exact) mass is 293 g/mol. The summed E-state index contributed by atoms with van der Waals surface area (Å²) in [6, 6.07) is 6.69. The standard InChI is InChI=1S/C14H16ClN3S/c15-13-10(8-16)5-6-17-14(13)18(11-3-4-11)9-12-2-1-7-19-12/h1-2,5-7,11H,3-4,8-9,16H2. The molecule has 1 aliphatic carbocycles. The Labute approximate surface area is 122 Å². The van der Waals surface area contributed by atoms with E-state index >= 15 is 0 Å². The maximum atomic E-state index is 6.43. The van der Waals surface area contributed by atoms with Crippen LogP contribution < -0.4 is 10.6 Å². The highest BCUT2D eigenvalue weighted by atomic mass is 35.5. The van der Waals surface area contributed by atoms with Gasteiger partial charge in [-0.1, -0.05) is 17.7 Å². The van der Waals surface area contributed by atoms with Crippen molar-refractivity contribution in [2.45, 2.75) is 32.0 Å². The molecule has 2 N–H and O–H groups in total. The molecule has 2 aromatic rings. The smallest absolute Gasteiger partial charge is 0.148 e. The quantitative estimate of drug-likeness (QED) is 0.918. The van der Waals surface area contributed by atoms with E-state index in [0.717, 1.165) is 17.9 Å². The van der Waals surface area contributed by atoms with E-state index in [9.17, 15) is 0 Å². The average molecular weight is 294 g/mol. The van der Waals surface area contributed by atoms with Crippen LogP contribution in [-0.2, 0) is 13.1 Å². The summed E-state index contributed by atoms with van der Waals surface area (Å²) in [6.45, 7) is 1.33. The molecule has 3 rings (SSSR count). The number of pyridine rings is 1.